The molecule has 0 heterocycles. The van der Waals surface area contributed by atoms with Gasteiger partial charge in [-0.3, -0.25) is 9.79 Å². The highest BCUT2D eigenvalue weighted by atomic mass is 16.2. The summed E-state index contributed by atoms with van der Waals surface area (Å²) in [6.45, 7) is 9.83. The van der Waals surface area contributed by atoms with E-state index in [-0.39, 0.29) is 5.91 Å². The number of amides is 1. The number of hydrogen-bond donors (Lipinski definition) is 2. The van der Waals surface area contributed by atoms with Gasteiger partial charge >= 0.3 is 0 Å². The number of benzene rings is 1. The zero-order chi connectivity index (χ0) is 20.2. The van der Waals surface area contributed by atoms with Crippen molar-refractivity contribution in [3.63, 3.8) is 0 Å². The molecule has 0 spiro atoms. The second-order valence-electron chi connectivity index (χ2n) is 7.08. The quantitative estimate of drug-likeness (QED) is 0.486. The largest absolute Gasteiger partial charge is 0.357 e. The Morgan fingerprint density at radius 3 is 2.56 bits per heavy atom. The fraction of sp³-hybridized carbons (Fsp3) is 0.619. The smallest absolute Gasteiger partial charge is 0.253 e. The molecule has 152 valence electrons. The molecule has 1 rings (SSSR count). The Morgan fingerprint density at radius 2 is 1.93 bits per heavy atom. The first kappa shape index (κ1) is 23.0. The van der Waals surface area contributed by atoms with Crippen LogP contribution in [0.15, 0.2) is 29.3 Å². The molecule has 1 amide bonds. The van der Waals surface area contributed by atoms with Gasteiger partial charge in [0.2, 0.25) is 0 Å². The van der Waals surface area contributed by atoms with Gasteiger partial charge in [-0.25, -0.2) is 0 Å². The Kier molecular flexibility index (Phi) is 10.5. The number of carbonyl (C=O) groups is 1. The molecule has 0 aliphatic rings. The van der Waals surface area contributed by atoms with Crippen LogP contribution in [0, 0.1) is 0 Å². The van der Waals surface area contributed by atoms with E-state index < -0.39 is 0 Å². The summed E-state index contributed by atoms with van der Waals surface area (Å²) in [6.07, 6.45) is 1.99. The molecule has 2 N–H and O–H groups in total. The fourth-order valence-corrected chi connectivity index (χ4v) is 2.64. The number of likely N-dealkylation sites (N-methyl/N-ethyl adjacent to an activating group) is 1. The summed E-state index contributed by atoms with van der Waals surface area (Å²) < 4.78 is 0. The molecular weight excluding hydrogens is 338 g/mol. The summed E-state index contributed by atoms with van der Waals surface area (Å²) in [5, 5.41) is 6.67. The van der Waals surface area contributed by atoms with Crippen LogP contribution in [-0.2, 0) is 6.42 Å². The second-order valence-corrected chi connectivity index (χ2v) is 7.08. The van der Waals surface area contributed by atoms with E-state index in [0.29, 0.717) is 6.04 Å². The Hall–Kier alpha value is -2.08. The van der Waals surface area contributed by atoms with Crippen molar-refractivity contribution in [2.24, 2.45) is 4.99 Å². The maximum absolute atomic E-state index is 12.1. The minimum absolute atomic E-state index is 0.0325. The summed E-state index contributed by atoms with van der Waals surface area (Å²) in [6, 6.07) is 8.40. The van der Waals surface area contributed by atoms with Crippen LogP contribution in [0.3, 0.4) is 0 Å². The Balaban J connectivity index is 2.54. The minimum Gasteiger partial charge on any atom is -0.357 e. The molecule has 27 heavy (non-hydrogen) atoms. The predicted molar refractivity (Wildman–Crippen MR) is 115 cm³/mol. The van der Waals surface area contributed by atoms with Crippen molar-refractivity contribution in [3.8, 4) is 0 Å². The van der Waals surface area contributed by atoms with Crippen LogP contribution in [0.1, 0.15) is 43.1 Å². The van der Waals surface area contributed by atoms with Crippen LogP contribution in [0.2, 0.25) is 0 Å². The molecule has 0 saturated carbocycles. The summed E-state index contributed by atoms with van der Waals surface area (Å²) in [4.78, 5) is 20.7. The molecule has 0 aromatic heterocycles. The van der Waals surface area contributed by atoms with Gasteiger partial charge in [0, 0.05) is 45.3 Å². The lowest BCUT2D eigenvalue weighted by molar-refractivity contribution is 0.0827. The van der Waals surface area contributed by atoms with Crippen molar-refractivity contribution in [2.45, 2.75) is 39.7 Å². The van der Waals surface area contributed by atoms with E-state index in [1.807, 2.05) is 18.2 Å². The lowest BCUT2D eigenvalue weighted by Gasteiger charge is -2.22. The van der Waals surface area contributed by atoms with Gasteiger partial charge in [0.25, 0.3) is 5.91 Å². The molecule has 0 aliphatic heterocycles. The third-order valence-corrected chi connectivity index (χ3v) is 4.70. The van der Waals surface area contributed by atoms with Gasteiger partial charge in [0.1, 0.15) is 0 Å². The number of rotatable bonds is 10. The van der Waals surface area contributed by atoms with E-state index in [1.54, 1.807) is 19.0 Å². The highest BCUT2D eigenvalue weighted by Crippen LogP contribution is 2.07. The monoisotopic (exact) mass is 375 g/mol. The molecule has 0 fully saturated rings. The van der Waals surface area contributed by atoms with Crippen LogP contribution in [-0.4, -0.2) is 75.0 Å². The van der Waals surface area contributed by atoms with Crippen molar-refractivity contribution in [1.29, 1.82) is 0 Å². The SMILES string of the molecule is CCNC(=NCCN(C)C(C)CC)NCCc1cccc(C(=O)N(C)C)c1. The van der Waals surface area contributed by atoms with E-state index in [2.05, 4.69) is 54.4 Å². The predicted octanol–water partition coefficient (Wildman–Crippen LogP) is 2.22. The topological polar surface area (TPSA) is 60.0 Å². The summed E-state index contributed by atoms with van der Waals surface area (Å²) in [5.74, 6) is 0.876. The van der Waals surface area contributed by atoms with Gasteiger partial charge in [-0.05, 0) is 51.4 Å². The molecule has 0 radical (unpaired) electrons. The molecule has 1 atom stereocenters. The van der Waals surface area contributed by atoms with Crippen molar-refractivity contribution >= 4 is 11.9 Å². The zero-order valence-electron chi connectivity index (χ0n) is 17.9. The van der Waals surface area contributed by atoms with Gasteiger partial charge in [-0.1, -0.05) is 19.1 Å². The Labute approximate surface area is 165 Å². The van der Waals surface area contributed by atoms with Crippen molar-refractivity contribution in [2.75, 3.05) is 47.3 Å². The van der Waals surface area contributed by atoms with Crippen molar-refractivity contribution in [1.82, 2.24) is 20.4 Å². The molecule has 6 heteroatoms. The molecule has 1 aromatic rings. The van der Waals surface area contributed by atoms with Gasteiger partial charge in [0.05, 0.1) is 6.54 Å². The van der Waals surface area contributed by atoms with E-state index in [1.165, 1.54) is 0 Å². The zero-order valence-corrected chi connectivity index (χ0v) is 17.9. The average molecular weight is 376 g/mol. The Morgan fingerprint density at radius 1 is 1.19 bits per heavy atom. The first-order valence-electron chi connectivity index (χ1n) is 9.92. The van der Waals surface area contributed by atoms with Crippen molar-refractivity contribution in [3.05, 3.63) is 35.4 Å². The van der Waals surface area contributed by atoms with Crippen molar-refractivity contribution < 1.29 is 4.79 Å². The third-order valence-electron chi connectivity index (χ3n) is 4.70. The number of aliphatic imine (C=N–C) groups is 1. The number of hydrogen-bond acceptors (Lipinski definition) is 3. The summed E-state index contributed by atoms with van der Waals surface area (Å²) in [7, 11) is 5.69. The van der Waals surface area contributed by atoms with Gasteiger partial charge in [-0.15, -0.1) is 0 Å². The first-order chi connectivity index (χ1) is 12.9. The lowest BCUT2D eigenvalue weighted by atomic mass is 10.1. The van der Waals surface area contributed by atoms with Crippen LogP contribution >= 0.6 is 0 Å². The Bertz CT molecular complexity index is 600. The van der Waals surface area contributed by atoms with E-state index >= 15 is 0 Å². The molecule has 1 aromatic carbocycles. The molecule has 6 nitrogen and oxygen atoms in total. The highest BCUT2D eigenvalue weighted by Gasteiger charge is 2.08. The number of guanidine groups is 1. The molecule has 0 saturated heterocycles. The minimum atomic E-state index is 0.0325. The molecule has 1 unspecified atom stereocenters. The van der Waals surface area contributed by atoms with E-state index in [9.17, 15) is 4.79 Å². The number of nitrogens with zero attached hydrogens (tertiary/aromatic N) is 3. The summed E-state index contributed by atoms with van der Waals surface area (Å²) in [5.41, 5.74) is 1.87. The molecule has 0 aliphatic carbocycles. The van der Waals surface area contributed by atoms with E-state index in [4.69, 9.17) is 0 Å². The maximum atomic E-state index is 12.1. The van der Waals surface area contributed by atoms with Crippen LogP contribution < -0.4 is 10.6 Å². The summed E-state index contributed by atoms with van der Waals surface area (Å²) >= 11 is 0. The first-order valence-corrected chi connectivity index (χ1v) is 9.92. The van der Waals surface area contributed by atoms with Crippen LogP contribution in [0.25, 0.3) is 0 Å². The molecule has 0 bridgehead atoms. The second kappa shape index (κ2) is 12.3. The average Bonchev–Trinajstić information content (AvgIpc) is 2.66. The lowest BCUT2D eigenvalue weighted by Crippen LogP contribution is -2.39. The number of carbonyl (C=O) groups excluding carboxylic acids is 1. The van der Waals surface area contributed by atoms with Gasteiger partial charge in [0.15, 0.2) is 5.96 Å². The van der Waals surface area contributed by atoms with E-state index in [0.717, 1.165) is 56.1 Å². The standard InChI is InChI=1S/C21H37N5O/c1-7-17(3)26(6)15-14-24-21(22-8-2)23-13-12-18-10-9-11-19(16-18)20(27)25(4)5/h9-11,16-17H,7-8,12-15H2,1-6H3,(H2,22,23,24). The van der Waals surface area contributed by atoms with Crippen LogP contribution in [0.5, 0.6) is 0 Å². The number of nitrogens with one attached hydrogen (secondary N) is 2. The van der Waals surface area contributed by atoms with Gasteiger partial charge < -0.3 is 20.4 Å². The van der Waals surface area contributed by atoms with Crippen LogP contribution in [0.4, 0.5) is 0 Å². The molecular formula is C21H37N5O. The highest BCUT2D eigenvalue weighted by molar-refractivity contribution is 5.94. The normalized spacial score (nSPS) is 12.8. The fourth-order valence-electron chi connectivity index (χ4n) is 2.64. The van der Waals surface area contributed by atoms with Gasteiger partial charge in [-0.2, -0.15) is 0 Å². The maximum Gasteiger partial charge on any atom is 0.253 e. The third kappa shape index (κ3) is 8.43.